The van der Waals surface area contributed by atoms with E-state index in [1.165, 1.54) is 42.8 Å². The molecule has 1 aliphatic heterocycles. The third-order valence-electron chi connectivity index (χ3n) is 4.52. The van der Waals surface area contributed by atoms with Crippen LogP contribution in [0.1, 0.15) is 41.1 Å². The molecule has 0 spiro atoms. The molecule has 3 rings (SSSR count). The van der Waals surface area contributed by atoms with E-state index in [1.807, 2.05) is 12.3 Å². The molecule has 2 atom stereocenters. The van der Waals surface area contributed by atoms with E-state index in [4.69, 9.17) is 0 Å². The van der Waals surface area contributed by atoms with Crippen LogP contribution in [0.2, 0.25) is 0 Å². The summed E-state index contributed by atoms with van der Waals surface area (Å²) in [5.74, 6) is -0.339. The Balaban J connectivity index is 1.72. The van der Waals surface area contributed by atoms with Gasteiger partial charge in [-0.05, 0) is 6.92 Å². The van der Waals surface area contributed by atoms with E-state index < -0.39 is 0 Å². The van der Waals surface area contributed by atoms with Gasteiger partial charge in [-0.25, -0.2) is 4.98 Å². The Kier molecular flexibility index (Phi) is 5.73. The van der Waals surface area contributed by atoms with Gasteiger partial charge in [0.05, 0.1) is 25.7 Å². The SMILES string of the molecule is Cc1csc([C@@H](C#N)C=NC[C@H](c2ccccc2)[NH+]2CCCC2)n1. The summed E-state index contributed by atoms with van der Waals surface area (Å²) in [6.45, 7) is 5.10. The quantitative estimate of drug-likeness (QED) is 0.822. The van der Waals surface area contributed by atoms with Crippen molar-refractivity contribution in [2.75, 3.05) is 19.6 Å². The van der Waals surface area contributed by atoms with E-state index in [0.717, 1.165) is 17.2 Å². The van der Waals surface area contributed by atoms with Crippen molar-refractivity contribution in [1.29, 1.82) is 5.26 Å². The van der Waals surface area contributed by atoms with Crippen molar-refractivity contribution in [3.05, 3.63) is 52.0 Å². The average Bonchev–Trinajstić information content (AvgIpc) is 3.28. The molecule has 1 aliphatic rings. The van der Waals surface area contributed by atoms with Gasteiger partial charge < -0.3 is 4.90 Å². The maximum Gasteiger partial charge on any atom is 0.133 e. The van der Waals surface area contributed by atoms with E-state index in [9.17, 15) is 5.26 Å². The van der Waals surface area contributed by atoms with E-state index in [-0.39, 0.29) is 5.92 Å². The molecule has 0 saturated carbocycles. The second-order valence-corrected chi connectivity index (χ2v) is 7.17. The Morgan fingerprint density at radius 2 is 2.08 bits per heavy atom. The van der Waals surface area contributed by atoms with Gasteiger partial charge in [0.2, 0.25) is 0 Å². The lowest BCUT2D eigenvalue weighted by molar-refractivity contribution is -0.918. The minimum atomic E-state index is -0.339. The van der Waals surface area contributed by atoms with Gasteiger partial charge >= 0.3 is 0 Å². The van der Waals surface area contributed by atoms with Gasteiger partial charge in [0.1, 0.15) is 17.0 Å². The van der Waals surface area contributed by atoms with E-state index >= 15 is 0 Å². The smallest absolute Gasteiger partial charge is 0.133 e. The highest BCUT2D eigenvalue weighted by Gasteiger charge is 2.26. The summed E-state index contributed by atoms with van der Waals surface area (Å²) in [5.41, 5.74) is 2.30. The van der Waals surface area contributed by atoms with Crippen molar-refractivity contribution in [3.8, 4) is 6.07 Å². The van der Waals surface area contributed by atoms with Crippen LogP contribution in [0.3, 0.4) is 0 Å². The van der Waals surface area contributed by atoms with Crippen molar-refractivity contribution in [2.24, 2.45) is 4.99 Å². The summed E-state index contributed by atoms with van der Waals surface area (Å²) >= 11 is 1.53. The largest absolute Gasteiger partial charge is 0.327 e. The van der Waals surface area contributed by atoms with Crippen LogP contribution >= 0.6 is 11.3 Å². The second-order valence-electron chi connectivity index (χ2n) is 6.28. The van der Waals surface area contributed by atoms with Crippen molar-refractivity contribution >= 4 is 17.6 Å². The van der Waals surface area contributed by atoms with Gasteiger partial charge in [0.25, 0.3) is 0 Å². The predicted molar refractivity (Wildman–Crippen MR) is 97.7 cm³/mol. The van der Waals surface area contributed by atoms with Crippen LogP contribution in [0.4, 0.5) is 0 Å². The number of hydrogen-bond acceptors (Lipinski definition) is 4. The lowest BCUT2D eigenvalue weighted by Crippen LogP contribution is -3.10. The van der Waals surface area contributed by atoms with Crippen LogP contribution in [0.25, 0.3) is 0 Å². The molecule has 1 saturated heterocycles. The van der Waals surface area contributed by atoms with Gasteiger partial charge in [-0.2, -0.15) is 5.26 Å². The molecule has 2 aromatic rings. The maximum atomic E-state index is 9.40. The molecule has 0 amide bonds. The third kappa shape index (κ3) is 4.08. The molecule has 5 heteroatoms. The number of quaternary nitrogens is 1. The number of nitrogens with zero attached hydrogens (tertiary/aromatic N) is 3. The summed E-state index contributed by atoms with van der Waals surface area (Å²) < 4.78 is 0. The highest BCUT2D eigenvalue weighted by Crippen LogP contribution is 2.18. The molecule has 1 fully saturated rings. The number of aryl methyl sites for hydroxylation is 1. The van der Waals surface area contributed by atoms with Crippen molar-refractivity contribution in [3.63, 3.8) is 0 Å². The fraction of sp³-hybridized carbons (Fsp3) is 0.421. The Hall–Kier alpha value is -2.03. The monoisotopic (exact) mass is 339 g/mol. The number of nitriles is 1. The predicted octanol–water partition coefficient (Wildman–Crippen LogP) is 2.55. The summed E-state index contributed by atoms with van der Waals surface area (Å²) in [6, 6.07) is 13.3. The molecule has 2 heterocycles. The minimum Gasteiger partial charge on any atom is -0.327 e. The number of hydrogen-bond donors (Lipinski definition) is 1. The Labute approximate surface area is 147 Å². The summed E-state index contributed by atoms with van der Waals surface area (Å²) in [7, 11) is 0. The van der Waals surface area contributed by atoms with Crippen LogP contribution < -0.4 is 4.90 Å². The lowest BCUT2D eigenvalue weighted by atomic mass is 10.1. The molecular weight excluding hydrogens is 316 g/mol. The van der Waals surface area contributed by atoms with Crippen molar-refractivity contribution in [2.45, 2.75) is 31.7 Å². The van der Waals surface area contributed by atoms with Crippen LogP contribution in [0.5, 0.6) is 0 Å². The topological polar surface area (TPSA) is 53.5 Å². The minimum absolute atomic E-state index is 0.339. The standard InChI is InChI=1S/C19H22N4S/c1-15-14-24-19(22-15)17(11-20)12-21-13-18(23-9-5-6-10-23)16-7-3-2-4-8-16/h2-4,7-8,12,14,17-18H,5-6,9-10,13H2,1H3/p+1/t17-,18+/m0/s1. The maximum absolute atomic E-state index is 9.40. The summed E-state index contributed by atoms with van der Waals surface area (Å²) in [5, 5.41) is 12.2. The van der Waals surface area contributed by atoms with Crippen molar-refractivity contribution < 1.29 is 4.90 Å². The summed E-state index contributed by atoms with van der Waals surface area (Å²) in [4.78, 5) is 10.7. The van der Waals surface area contributed by atoms with E-state index in [0.29, 0.717) is 6.04 Å². The van der Waals surface area contributed by atoms with Crippen LogP contribution in [0, 0.1) is 18.3 Å². The first-order valence-corrected chi connectivity index (χ1v) is 9.37. The number of thiazole rings is 1. The number of benzene rings is 1. The molecule has 0 aliphatic carbocycles. The van der Waals surface area contributed by atoms with Gasteiger partial charge in [0, 0.05) is 35.7 Å². The molecule has 1 aromatic heterocycles. The second kappa shape index (κ2) is 8.18. The number of nitrogens with one attached hydrogen (secondary N) is 1. The normalized spacial score (nSPS) is 17.8. The molecule has 4 nitrogen and oxygen atoms in total. The average molecular weight is 339 g/mol. The Morgan fingerprint density at radius 3 is 2.71 bits per heavy atom. The third-order valence-corrected chi connectivity index (χ3v) is 5.57. The number of rotatable bonds is 6. The Morgan fingerprint density at radius 1 is 1.33 bits per heavy atom. The van der Waals surface area contributed by atoms with E-state index in [1.54, 1.807) is 11.1 Å². The van der Waals surface area contributed by atoms with E-state index in [2.05, 4.69) is 46.4 Å². The molecule has 124 valence electrons. The zero-order valence-corrected chi connectivity index (χ0v) is 14.8. The molecule has 1 aromatic carbocycles. The van der Waals surface area contributed by atoms with Gasteiger partial charge in [-0.15, -0.1) is 11.3 Å². The number of likely N-dealkylation sites (tertiary alicyclic amines) is 1. The first kappa shape index (κ1) is 16.8. The molecule has 0 unspecified atom stereocenters. The summed E-state index contributed by atoms with van der Waals surface area (Å²) in [6.07, 6.45) is 4.37. The molecular formula is C19H23N4S+. The number of aromatic nitrogens is 1. The zero-order valence-electron chi connectivity index (χ0n) is 14.0. The van der Waals surface area contributed by atoms with Crippen LogP contribution in [0.15, 0.2) is 40.7 Å². The van der Waals surface area contributed by atoms with Gasteiger partial charge in [0.15, 0.2) is 0 Å². The molecule has 1 N–H and O–H groups in total. The van der Waals surface area contributed by atoms with Gasteiger partial charge in [-0.3, -0.25) is 4.99 Å². The van der Waals surface area contributed by atoms with Gasteiger partial charge in [-0.1, -0.05) is 30.3 Å². The Bertz CT molecular complexity index is 710. The van der Waals surface area contributed by atoms with Crippen LogP contribution in [-0.2, 0) is 0 Å². The zero-order chi connectivity index (χ0) is 16.8. The lowest BCUT2D eigenvalue weighted by Gasteiger charge is -2.23. The first-order valence-electron chi connectivity index (χ1n) is 8.49. The van der Waals surface area contributed by atoms with Crippen LogP contribution in [-0.4, -0.2) is 30.8 Å². The highest BCUT2D eigenvalue weighted by atomic mass is 32.1. The van der Waals surface area contributed by atoms with Crippen molar-refractivity contribution in [1.82, 2.24) is 4.98 Å². The number of aliphatic imine (C=N–C) groups is 1. The molecule has 24 heavy (non-hydrogen) atoms. The molecule has 0 radical (unpaired) electrons. The first-order chi connectivity index (χ1) is 11.8. The highest BCUT2D eigenvalue weighted by molar-refractivity contribution is 7.09. The fourth-order valence-corrected chi connectivity index (χ4v) is 4.07. The fourth-order valence-electron chi connectivity index (χ4n) is 3.27. The molecule has 0 bridgehead atoms.